The molecule has 1 heterocycles. The molecule has 31 heavy (non-hydrogen) atoms. The number of nitrogens with zero attached hydrogens (tertiary/aromatic N) is 4. The second kappa shape index (κ2) is 11.1. The van der Waals surface area contributed by atoms with Gasteiger partial charge in [-0.2, -0.15) is 0 Å². The molecule has 0 aliphatic carbocycles. The molecule has 1 amide bonds. The van der Waals surface area contributed by atoms with Crippen molar-refractivity contribution in [3.05, 3.63) is 77.6 Å². The van der Waals surface area contributed by atoms with Gasteiger partial charge < -0.3 is 9.88 Å². The first-order chi connectivity index (χ1) is 15.0. The third kappa shape index (κ3) is 6.18. The zero-order chi connectivity index (χ0) is 22.2. The van der Waals surface area contributed by atoms with Crippen LogP contribution in [0.15, 0.2) is 65.8 Å². The maximum absolute atomic E-state index is 12.6. The summed E-state index contributed by atoms with van der Waals surface area (Å²) in [4.78, 5) is 14.7. The van der Waals surface area contributed by atoms with Crippen molar-refractivity contribution < 1.29 is 4.79 Å². The average molecular weight is 438 g/mol. The van der Waals surface area contributed by atoms with E-state index in [1.807, 2.05) is 55.5 Å². The van der Waals surface area contributed by atoms with E-state index in [2.05, 4.69) is 58.1 Å². The van der Waals surface area contributed by atoms with Crippen molar-refractivity contribution in [3.63, 3.8) is 0 Å². The highest BCUT2D eigenvalue weighted by Gasteiger charge is 2.23. The lowest BCUT2D eigenvalue weighted by Crippen LogP contribution is -2.28. The summed E-state index contributed by atoms with van der Waals surface area (Å²) in [7, 11) is 4.11. The van der Waals surface area contributed by atoms with Gasteiger partial charge in [0.2, 0.25) is 5.91 Å². The Hall–Kier alpha value is -2.64. The first-order valence-corrected chi connectivity index (χ1v) is 11.6. The Balaban J connectivity index is 1.74. The van der Waals surface area contributed by atoms with Crippen LogP contribution in [0.1, 0.15) is 49.3 Å². The lowest BCUT2D eigenvalue weighted by Gasteiger charge is -2.23. The van der Waals surface area contributed by atoms with E-state index in [-0.39, 0.29) is 18.0 Å². The number of nitrogens with one attached hydrogen (secondary N) is 1. The maximum Gasteiger partial charge on any atom is 0.230 e. The minimum Gasteiger partial charge on any atom is -0.349 e. The van der Waals surface area contributed by atoms with Gasteiger partial charge in [-0.15, -0.1) is 10.2 Å². The normalized spacial score (nSPS) is 13.2. The monoisotopic (exact) mass is 437 g/mol. The molecule has 6 nitrogen and oxygen atoms in total. The van der Waals surface area contributed by atoms with Gasteiger partial charge in [-0.1, -0.05) is 79.3 Å². The SMILES string of the molecule is CC[C@@H](c1nnc(SCC(=O)N[C@@H](C)c2ccccc2)n1Cc1ccccc1)N(C)C. The minimum atomic E-state index is -0.0368. The van der Waals surface area contributed by atoms with Gasteiger partial charge >= 0.3 is 0 Å². The van der Waals surface area contributed by atoms with E-state index in [4.69, 9.17) is 0 Å². The Morgan fingerprint density at radius 2 is 1.71 bits per heavy atom. The van der Waals surface area contributed by atoms with Crippen molar-refractivity contribution in [3.8, 4) is 0 Å². The first kappa shape index (κ1) is 23.0. The highest BCUT2D eigenvalue weighted by Crippen LogP contribution is 2.26. The van der Waals surface area contributed by atoms with E-state index < -0.39 is 0 Å². The summed E-state index contributed by atoms with van der Waals surface area (Å²) in [5.41, 5.74) is 2.27. The van der Waals surface area contributed by atoms with Crippen LogP contribution < -0.4 is 5.32 Å². The van der Waals surface area contributed by atoms with E-state index in [0.29, 0.717) is 12.3 Å². The molecule has 0 bridgehead atoms. The number of carbonyl (C=O) groups excluding carboxylic acids is 1. The highest BCUT2D eigenvalue weighted by atomic mass is 32.2. The van der Waals surface area contributed by atoms with Crippen LogP contribution in [0.3, 0.4) is 0 Å². The molecule has 0 aliphatic rings. The molecule has 0 saturated carbocycles. The third-order valence-corrected chi connectivity index (χ3v) is 6.21. The predicted molar refractivity (Wildman–Crippen MR) is 126 cm³/mol. The molecule has 0 saturated heterocycles. The van der Waals surface area contributed by atoms with E-state index in [1.54, 1.807) is 0 Å². The van der Waals surface area contributed by atoms with Crippen LogP contribution in [0.2, 0.25) is 0 Å². The number of carbonyl (C=O) groups is 1. The van der Waals surface area contributed by atoms with Crippen LogP contribution in [0, 0.1) is 0 Å². The smallest absolute Gasteiger partial charge is 0.230 e. The fourth-order valence-electron chi connectivity index (χ4n) is 3.58. The van der Waals surface area contributed by atoms with Crippen molar-refractivity contribution in [2.24, 2.45) is 0 Å². The van der Waals surface area contributed by atoms with Crippen LogP contribution in [0.4, 0.5) is 0 Å². The molecule has 3 rings (SSSR count). The van der Waals surface area contributed by atoms with Gasteiger partial charge in [0, 0.05) is 0 Å². The van der Waals surface area contributed by atoms with Crippen molar-refractivity contribution in [2.45, 2.75) is 44.1 Å². The van der Waals surface area contributed by atoms with Crippen molar-refractivity contribution in [1.29, 1.82) is 0 Å². The Labute approximate surface area is 189 Å². The number of hydrogen-bond acceptors (Lipinski definition) is 5. The number of benzene rings is 2. The molecule has 0 unspecified atom stereocenters. The van der Waals surface area contributed by atoms with E-state index >= 15 is 0 Å². The molecule has 0 fully saturated rings. The largest absolute Gasteiger partial charge is 0.349 e. The van der Waals surface area contributed by atoms with Crippen LogP contribution in [-0.2, 0) is 11.3 Å². The molecular weight excluding hydrogens is 406 g/mol. The summed E-state index contributed by atoms with van der Waals surface area (Å²) in [6.07, 6.45) is 0.930. The molecule has 1 aromatic heterocycles. The van der Waals surface area contributed by atoms with Gasteiger partial charge in [0.25, 0.3) is 0 Å². The number of rotatable bonds is 10. The summed E-state index contributed by atoms with van der Waals surface area (Å²) in [6, 6.07) is 20.4. The Bertz CT molecular complexity index is 959. The first-order valence-electron chi connectivity index (χ1n) is 10.6. The van der Waals surface area contributed by atoms with Gasteiger partial charge in [0.1, 0.15) is 0 Å². The van der Waals surface area contributed by atoms with E-state index in [0.717, 1.165) is 23.0 Å². The van der Waals surface area contributed by atoms with Crippen LogP contribution in [0.25, 0.3) is 0 Å². The van der Waals surface area contributed by atoms with Crippen LogP contribution >= 0.6 is 11.8 Å². The van der Waals surface area contributed by atoms with Crippen molar-refractivity contribution in [1.82, 2.24) is 25.0 Å². The summed E-state index contributed by atoms with van der Waals surface area (Å²) >= 11 is 1.43. The highest BCUT2D eigenvalue weighted by molar-refractivity contribution is 7.99. The average Bonchev–Trinajstić information content (AvgIpc) is 3.16. The van der Waals surface area contributed by atoms with Gasteiger partial charge in [-0.3, -0.25) is 9.69 Å². The molecule has 2 aromatic carbocycles. The van der Waals surface area contributed by atoms with E-state index in [1.165, 1.54) is 17.3 Å². The second-order valence-electron chi connectivity index (χ2n) is 7.79. The molecule has 1 N–H and O–H groups in total. The topological polar surface area (TPSA) is 63.1 Å². The minimum absolute atomic E-state index is 0.0168. The summed E-state index contributed by atoms with van der Waals surface area (Å²) in [5, 5.41) is 12.8. The molecule has 7 heteroatoms. The second-order valence-corrected chi connectivity index (χ2v) is 8.73. The maximum atomic E-state index is 12.6. The Kier molecular flexibility index (Phi) is 8.26. The van der Waals surface area contributed by atoms with Gasteiger partial charge in [-0.25, -0.2) is 0 Å². The molecule has 0 spiro atoms. The van der Waals surface area contributed by atoms with Gasteiger partial charge in [0.15, 0.2) is 11.0 Å². The number of amides is 1. The molecule has 0 radical (unpaired) electrons. The van der Waals surface area contributed by atoms with Crippen molar-refractivity contribution >= 4 is 17.7 Å². The lowest BCUT2D eigenvalue weighted by atomic mass is 10.1. The molecule has 3 aromatic rings. The zero-order valence-corrected chi connectivity index (χ0v) is 19.5. The molecule has 0 aliphatic heterocycles. The van der Waals surface area contributed by atoms with E-state index in [9.17, 15) is 4.79 Å². The zero-order valence-electron chi connectivity index (χ0n) is 18.7. The molecule has 164 valence electrons. The Morgan fingerprint density at radius 3 is 2.32 bits per heavy atom. The lowest BCUT2D eigenvalue weighted by molar-refractivity contribution is -0.119. The number of aromatic nitrogens is 3. The fourth-order valence-corrected chi connectivity index (χ4v) is 4.34. The van der Waals surface area contributed by atoms with Gasteiger partial charge in [-0.05, 0) is 38.6 Å². The third-order valence-electron chi connectivity index (χ3n) is 5.25. The standard InChI is InChI=1S/C24H31N5OS/c1-5-21(28(3)4)23-26-27-24(29(23)16-19-12-8-6-9-13-19)31-17-22(30)25-18(2)20-14-10-7-11-15-20/h6-15,18,21H,5,16-17H2,1-4H3,(H,25,30)/t18-,21-/m0/s1. The Morgan fingerprint density at radius 1 is 1.06 bits per heavy atom. The van der Waals surface area contributed by atoms with Gasteiger partial charge in [0.05, 0.1) is 24.4 Å². The summed E-state index contributed by atoms with van der Waals surface area (Å²) in [5.74, 6) is 1.21. The fraction of sp³-hybridized carbons (Fsp3) is 0.375. The predicted octanol–water partition coefficient (Wildman–Crippen LogP) is 4.31. The summed E-state index contributed by atoms with van der Waals surface area (Å²) < 4.78 is 2.14. The molecular formula is C24H31N5OS. The molecule has 2 atom stereocenters. The quantitative estimate of drug-likeness (QED) is 0.479. The van der Waals surface area contributed by atoms with Crippen molar-refractivity contribution in [2.75, 3.05) is 19.8 Å². The van der Waals surface area contributed by atoms with Crippen LogP contribution in [0.5, 0.6) is 0 Å². The number of thioether (sulfide) groups is 1. The van der Waals surface area contributed by atoms with Crippen LogP contribution in [-0.4, -0.2) is 45.4 Å². The summed E-state index contributed by atoms with van der Waals surface area (Å²) in [6.45, 7) is 4.83. The number of hydrogen-bond donors (Lipinski definition) is 1.